The van der Waals surface area contributed by atoms with E-state index < -0.39 is 11.7 Å². The second-order valence-corrected chi connectivity index (χ2v) is 6.23. The first-order valence-corrected chi connectivity index (χ1v) is 8.67. The normalized spacial score (nSPS) is 11.3. The molecule has 0 radical (unpaired) electrons. The van der Waals surface area contributed by atoms with Crippen LogP contribution in [-0.2, 0) is 6.18 Å². The molecule has 0 spiro atoms. The lowest BCUT2D eigenvalue weighted by molar-refractivity contribution is -0.137. The van der Waals surface area contributed by atoms with Gasteiger partial charge in [0.1, 0.15) is 0 Å². The van der Waals surface area contributed by atoms with E-state index in [4.69, 9.17) is 25.8 Å². The lowest BCUT2D eigenvalue weighted by Crippen LogP contribution is -2.04. The molecule has 0 aliphatic rings. The van der Waals surface area contributed by atoms with Crippen LogP contribution in [0, 0.1) is 0 Å². The smallest absolute Gasteiger partial charge is 0.416 e. The van der Waals surface area contributed by atoms with Gasteiger partial charge in [0.15, 0.2) is 11.5 Å². The Morgan fingerprint density at radius 1 is 0.759 bits per heavy atom. The number of halogens is 4. The zero-order valence-electron chi connectivity index (χ0n) is 15.7. The summed E-state index contributed by atoms with van der Waals surface area (Å²) in [7, 11) is 4.47. The van der Waals surface area contributed by atoms with Gasteiger partial charge in [0.05, 0.1) is 38.3 Å². The summed E-state index contributed by atoms with van der Waals surface area (Å²) in [5.41, 5.74) is 1.15. The fourth-order valence-electron chi connectivity index (χ4n) is 2.77. The number of hydrogen-bond donors (Lipinski definition) is 0. The largest absolute Gasteiger partial charge is 0.493 e. The summed E-state index contributed by atoms with van der Waals surface area (Å²) in [6.45, 7) is 0. The highest BCUT2D eigenvalue weighted by molar-refractivity contribution is 6.28. The molecule has 0 atom stereocenters. The molecule has 0 aliphatic heterocycles. The molecule has 9 heteroatoms. The number of benzene rings is 2. The maximum atomic E-state index is 12.8. The molecule has 0 fully saturated rings. The first-order chi connectivity index (χ1) is 13.8. The van der Waals surface area contributed by atoms with Crippen LogP contribution < -0.4 is 14.2 Å². The number of alkyl halides is 3. The molecule has 152 valence electrons. The van der Waals surface area contributed by atoms with E-state index in [0.717, 1.165) is 12.1 Å². The molecule has 29 heavy (non-hydrogen) atoms. The molecule has 5 nitrogen and oxygen atoms in total. The summed E-state index contributed by atoms with van der Waals surface area (Å²) in [6, 6.07) is 9.65. The third kappa shape index (κ3) is 4.37. The van der Waals surface area contributed by atoms with Gasteiger partial charge in [-0.2, -0.15) is 13.2 Å². The van der Waals surface area contributed by atoms with Crippen molar-refractivity contribution in [2.75, 3.05) is 21.3 Å². The average Bonchev–Trinajstić information content (AvgIpc) is 2.71. The molecule has 0 unspecified atom stereocenters. The summed E-state index contributed by atoms with van der Waals surface area (Å²) in [6.07, 6.45) is -4.41. The van der Waals surface area contributed by atoms with Crippen molar-refractivity contribution in [2.24, 2.45) is 0 Å². The van der Waals surface area contributed by atoms with Crippen LogP contribution in [0.3, 0.4) is 0 Å². The van der Waals surface area contributed by atoms with Crippen molar-refractivity contribution in [3.8, 4) is 39.8 Å². The van der Waals surface area contributed by atoms with E-state index in [1.165, 1.54) is 33.5 Å². The standard InChI is InChI=1S/C20H16ClF3N2O3/c1-27-16-8-12(9-17(28-2)18(16)29-3)15-10-14(25-19(21)26-15)11-4-6-13(7-5-11)20(22,23)24/h4-10H,1-3H3. The van der Waals surface area contributed by atoms with Gasteiger partial charge in [0.25, 0.3) is 0 Å². The summed E-state index contributed by atoms with van der Waals surface area (Å²) in [5, 5.41) is -0.0499. The van der Waals surface area contributed by atoms with Gasteiger partial charge in [-0.15, -0.1) is 0 Å². The molecule has 0 aliphatic carbocycles. The van der Waals surface area contributed by atoms with Gasteiger partial charge in [-0.05, 0) is 41.9 Å². The minimum Gasteiger partial charge on any atom is -0.493 e. The lowest BCUT2D eigenvalue weighted by Gasteiger charge is -2.14. The van der Waals surface area contributed by atoms with Crippen molar-refractivity contribution < 1.29 is 27.4 Å². The summed E-state index contributed by atoms with van der Waals surface area (Å²) in [4.78, 5) is 8.34. The minimum atomic E-state index is -4.41. The highest BCUT2D eigenvalue weighted by atomic mass is 35.5. The molecule has 1 aromatic heterocycles. The van der Waals surface area contributed by atoms with Crippen LogP contribution in [0.1, 0.15) is 5.56 Å². The molecule has 0 N–H and O–H groups in total. The second kappa shape index (κ2) is 8.16. The van der Waals surface area contributed by atoms with Crippen LogP contribution in [-0.4, -0.2) is 31.3 Å². The number of aromatic nitrogens is 2. The van der Waals surface area contributed by atoms with Gasteiger partial charge in [0.2, 0.25) is 11.0 Å². The van der Waals surface area contributed by atoms with E-state index in [1.807, 2.05) is 0 Å². The van der Waals surface area contributed by atoms with Crippen molar-refractivity contribution in [2.45, 2.75) is 6.18 Å². The van der Waals surface area contributed by atoms with Gasteiger partial charge in [0, 0.05) is 11.1 Å². The number of nitrogens with zero attached hydrogens (tertiary/aromatic N) is 2. The summed E-state index contributed by atoms with van der Waals surface area (Å²) >= 11 is 6.07. The van der Waals surface area contributed by atoms with Crippen molar-refractivity contribution in [3.63, 3.8) is 0 Å². The Morgan fingerprint density at radius 2 is 1.28 bits per heavy atom. The van der Waals surface area contributed by atoms with E-state index in [9.17, 15) is 13.2 Å². The number of hydrogen-bond acceptors (Lipinski definition) is 5. The molecular weight excluding hydrogens is 409 g/mol. The molecular formula is C20H16ClF3N2O3. The van der Waals surface area contributed by atoms with E-state index in [2.05, 4.69) is 9.97 Å². The molecule has 0 bridgehead atoms. The fourth-order valence-corrected chi connectivity index (χ4v) is 2.95. The predicted molar refractivity (Wildman–Crippen MR) is 103 cm³/mol. The molecule has 2 aromatic carbocycles. The zero-order valence-corrected chi connectivity index (χ0v) is 16.4. The zero-order chi connectivity index (χ0) is 21.2. The van der Waals surface area contributed by atoms with Gasteiger partial charge in [-0.25, -0.2) is 9.97 Å². The van der Waals surface area contributed by atoms with Crippen LogP contribution in [0.15, 0.2) is 42.5 Å². The quantitative estimate of drug-likeness (QED) is 0.505. The van der Waals surface area contributed by atoms with Gasteiger partial charge in [-0.3, -0.25) is 0 Å². The van der Waals surface area contributed by atoms with Crippen LogP contribution in [0.25, 0.3) is 22.5 Å². The van der Waals surface area contributed by atoms with Crippen molar-refractivity contribution in [1.29, 1.82) is 0 Å². The van der Waals surface area contributed by atoms with Crippen LogP contribution in [0.5, 0.6) is 17.2 Å². The van der Waals surface area contributed by atoms with Gasteiger partial charge in [-0.1, -0.05) is 12.1 Å². The molecule has 0 saturated heterocycles. The predicted octanol–water partition coefficient (Wildman–Crippen LogP) is 5.51. The fraction of sp³-hybridized carbons (Fsp3) is 0.200. The van der Waals surface area contributed by atoms with E-state index >= 15 is 0 Å². The Balaban J connectivity index is 2.08. The molecule has 3 rings (SSSR count). The van der Waals surface area contributed by atoms with Crippen LogP contribution in [0.2, 0.25) is 5.28 Å². The van der Waals surface area contributed by atoms with Crippen LogP contribution in [0.4, 0.5) is 13.2 Å². The third-order valence-corrected chi connectivity index (χ3v) is 4.34. The first kappa shape index (κ1) is 20.7. The highest BCUT2D eigenvalue weighted by Gasteiger charge is 2.30. The first-order valence-electron chi connectivity index (χ1n) is 8.29. The van der Waals surface area contributed by atoms with Crippen LogP contribution >= 0.6 is 11.6 Å². The molecule has 3 aromatic rings. The van der Waals surface area contributed by atoms with Crippen molar-refractivity contribution in [1.82, 2.24) is 9.97 Å². The number of methoxy groups -OCH3 is 3. The maximum Gasteiger partial charge on any atom is 0.416 e. The Kier molecular flexibility index (Phi) is 5.83. The topological polar surface area (TPSA) is 53.5 Å². The summed E-state index contributed by atoms with van der Waals surface area (Å²) < 4.78 is 54.4. The monoisotopic (exact) mass is 424 g/mol. The van der Waals surface area contributed by atoms with Gasteiger partial charge < -0.3 is 14.2 Å². The Labute approximate surface area is 170 Å². The third-order valence-electron chi connectivity index (χ3n) is 4.17. The Morgan fingerprint density at radius 3 is 1.72 bits per heavy atom. The molecule has 1 heterocycles. The SMILES string of the molecule is COc1cc(-c2cc(-c3ccc(C(F)(F)F)cc3)nc(Cl)n2)cc(OC)c1OC. The highest BCUT2D eigenvalue weighted by Crippen LogP contribution is 2.41. The minimum absolute atomic E-state index is 0.0499. The van der Waals surface area contributed by atoms with E-state index in [-0.39, 0.29) is 5.28 Å². The molecule has 0 amide bonds. The second-order valence-electron chi connectivity index (χ2n) is 5.90. The average molecular weight is 425 g/mol. The maximum absolute atomic E-state index is 12.8. The Bertz CT molecular complexity index is 999. The van der Waals surface area contributed by atoms with Gasteiger partial charge >= 0.3 is 6.18 Å². The van der Waals surface area contributed by atoms with Crippen molar-refractivity contribution in [3.05, 3.63) is 53.3 Å². The molecule has 0 saturated carbocycles. The lowest BCUT2D eigenvalue weighted by atomic mass is 10.1. The number of rotatable bonds is 5. The van der Waals surface area contributed by atoms with Crippen molar-refractivity contribution >= 4 is 11.6 Å². The van der Waals surface area contributed by atoms with E-state index in [0.29, 0.717) is 39.8 Å². The Hall–Kier alpha value is -3.00. The van der Waals surface area contributed by atoms with E-state index in [1.54, 1.807) is 18.2 Å². The number of ether oxygens (including phenoxy) is 3. The summed E-state index contributed by atoms with van der Waals surface area (Å²) in [5.74, 6) is 1.27.